The van der Waals surface area contributed by atoms with Crippen molar-refractivity contribution in [3.05, 3.63) is 53.0 Å². The van der Waals surface area contributed by atoms with Gasteiger partial charge in [-0.2, -0.15) is 0 Å². The van der Waals surface area contributed by atoms with Crippen LogP contribution < -0.4 is 15.0 Å². The zero-order valence-corrected chi connectivity index (χ0v) is 16.6. The largest absolute Gasteiger partial charge is 0.494 e. The molecule has 0 aliphatic carbocycles. The molecule has 1 N–H and O–H groups in total. The summed E-state index contributed by atoms with van der Waals surface area (Å²) in [6, 6.07) is 14.1. The SMILES string of the molecule is COc1ccc(N2CCOCC2)c2sc(C(=O)NCCc3ccccc3)nc12. The quantitative estimate of drug-likeness (QED) is 0.692. The maximum Gasteiger partial charge on any atom is 0.280 e. The van der Waals surface area contributed by atoms with Gasteiger partial charge in [0.05, 0.1) is 30.7 Å². The minimum atomic E-state index is -0.146. The van der Waals surface area contributed by atoms with Crippen LogP contribution in [0.4, 0.5) is 5.69 Å². The van der Waals surface area contributed by atoms with Crippen LogP contribution in [-0.4, -0.2) is 50.8 Å². The number of morpholine rings is 1. The number of hydrogen-bond donors (Lipinski definition) is 1. The summed E-state index contributed by atoms with van der Waals surface area (Å²) in [6.07, 6.45) is 0.791. The minimum Gasteiger partial charge on any atom is -0.494 e. The van der Waals surface area contributed by atoms with Crippen molar-refractivity contribution in [1.29, 1.82) is 0 Å². The molecule has 2 aromatic carbocycles. The standard InChI is InChI=1S/C21H23N3O3S/c1-26-17-8-7-16(24-11-13-27-14-12-24)19-18(17)23-21(28-19)20(25)22-10-9-15-5-3-2-4-6-15/h2-8H,9-14H2,1H3,(H,22,25). The molecule has 0 bridgehead atoms. The van der Waals surface area contributed by atoms with Gasteiger partial charge in [0, 0.05) is 19.6 Å². The third kappa shape index (κ3) is 3.95. The molecule has 0 atom stereocenters. The summed E-state index contributed by atoms with van der Waals surface area (Å²) in [4.78, 5) is 19.5. The first-order valence-electron chi connectivity index (χ1n) is 9.38. The van der Waals surface area contributed by atoms with Crippen LogP contribution in [0.1, 0.15) is 15.4 Å². The Morgan fingerprint density at radius 1 is 1.21 bits per heavy atom. The highest BCUT2D eigenvalue weighted by Crippen LogP contribution is 2.37. The van der Waals surface area contributed by atoms with Crippen LogP contribution in [-0.2, 0) is 11.2 Å². The number of carbonyl (C=O) groups excluding carboxylic acids is 1. The van der Waals surface area contributed by atoms with Gasteiger partial charge in [-0.25, -0.2) is 4.98 Å². The molecule has 4 rings (SSSR count). The topological polar surface area (TPSA) is 63.7 Å². The third-order valence-corrected chi connectivity index (χ3v) is 5.87. The third-order valence-electron chi connectivity index (χ3n) is 4.79. The van der Waals surface area contributed by atoms with E-state index in [-0.39, 0.29) is 5.91 Å². The lowest BCUT2D eigenvalue weighted by Crippen LogP contribution is -2.36. The highest BCUT2D eigenvalue weighted by molar-refractivity contribution is 7.21. The van der Waals surface area contributed by atoms with Gasteiger partial charge in [0.2, 0.25) is 0 Å². The lowest BCUT2D eigenvalue weighted by Gasteiger charge is -2.29. The molecule has 1 aromatic heterocycles. The maximum atomic E-state index is 12.7. The number of anilines is 1. The smallest absolute Gasteiger partial charge is 0.280 e. The van der Waals surface area contributed by atoms with E-state index in [0.717, 1.165) is 35.4 Å². The van der Waals surface area contributed by atoms with Gasteiger partial charge in [0.1, 0.15) is 11.3 Å². The number of fused-ring (bicyclic) bond motifs is 1. The van der Waals surface area contributed by atoms with Crippen molar-refractivity contribution < 1.29 is 14.3 Å². The minimum absolute atomic E-state index is 0.146. The second-order valence-electron chi connectivity index (χ2n) is 6.57. The van der Waals surface area contributed by atoms with Crippen molar-refractivity contribution in [3.63, 3.8) is 0 Å². The molecule has 0 spiro atoms. The monoisotopic (exact) mass is 397 g/mol. The Hall–Kier alpha value is -2.64. The predicted octanol–water partition coefficient (Wildman–Crippen LogP) is 3.11. The molecule has 146 valence electrons. The highest BCUT2D eigenvalue weighted by Gasteiger charge is 2.21. The van der Waals surface area contributed by atoms with Crippen LogP contribution in [0.3, 0.4) is 0 Å². The summed E-state index contributed by atoms with van der Waals surface area (Å²) in [6.45, 7) is 3.65. The first-order valence-corrected chi connectivity index (χ1v) is 10.2. The number of nitrogens with one attached hydrogen (secondary N) is 1. The molecule has 0 radical (unpaired) electrons. The van der Waals surface area contributed by atoms with E-state index in [1.807, 2.05) is 30.3 Å². The van der Waals surface area contributed by atoms with E-state index in [4.69, 9.17) is 9.47 Å². The number of ether oxygens (including phenoxy) is 2. The highest BCUT2D eigenvalue weighted by atomic mass is 32.1. The van der Waals surface area contributed by atoms with Gasteiger partial charge in [-0.05, 0) is 24.1 Å². The van der Waals surface area contributed by atoms with Crippen LogP contribution in [0.25, 0.3) is 10.2 Å². The fourth-order valence-corrected chi connectivity index (χ4v) is 4.37. The van der Waals surface area contributed by atoms with Gasteiger partial charge >= 0.3 is 0 Å². The normalized spacial score (nSPS) is 14.2. The zero-order valence-electron chi connectivity index (χ0n) is 15.8. The number of nitrogens with zero attached hydrogens (tertiary/aromatic N) is 2. The molecule has 1 amide bonds. The molecule has 0 unspecified atom stereocenters. The Morgan fingerprint density at radius 2 is 2.00 bits per heavy atom. The van der Waals surface area contributed by atoms with Crippen LogP contribution in [0.5, 0.6) is 5.75 Å². The van der Waals surface area contributed by atoms with E-state index < -0.39 is 0 Å². The number of benzene rings is 2. The van der Waals surface area contributed by atoms with E-state index in [9.17, 15) is 4.79 Å². The summed E-state index contributed by atoms with van der Waals surface area (Å²) < 4.78 is 11.9. The summed E-state index contributed by atoms with van der Waals surface area (Å²) >= 11 is 1.42. The second kappa shape index (κ2) is 8.58. The van der Waals surface area contributed by atoms with Crippen LogP contribution in [0.2, 0.25) is 0 Å². The molecule has 1 aliphatic rings. The molecular weight excluding hydrogens is 374 g/mol. The van der Waals surface area contributed by atoms with Gasteiger partial charge in [-0.15, -0.1) is 11.3 Å². The Labute approximate surface area is 168 Å². The first kappa shape index (κ1) is 18.7. The summed E-state index contributed by atoms with van der Waals surface area (Å²) in [5.41, 5.74) is 3.02. The number of thiazole rings is 1. The zero-order chi connectivity index (χ0) is 19.3. The molecule has 3 aromatic rings. The second-order valence-corrected chi connectivity index (χ2v) is 7.57. The Morgan fingerprint density at radius 3 is 2.75 bits per heavy atom. The van der Waals surface area contributed by atoms with E-state index >= 15 is 0 Å². The molecule has 0 saturated carbocycles. The molecule has 7 heteroatoms. The predicted molar refractivity (Wildman–Crippen MR) is 112 cm³/mol. The Balaban J connectivity index is 1.54. The van der Waals surface area contributed by atoms with E-state index in [2.05, 4.69) is 27.3 Å². The van der Waals surface area contributed by atoms with Crippen LogP contribution in [0.15, 0.2) is 42.5 Å². The van der Waals surface area contributed by atoms with Gasteiger partial charge in [-0.3, -0.25) is 4.79 Å². The number of carbonyl (C=O) groups is 1. The average molecular weight is 398 g/mol. The van der Waals surface area contributed by atoms with Crippen molar-refractivity contribution in [2.45, 2.75) is 6.42 Å². The summed E-state index contributed by atoms with van der Waals surface area (Å²) in [5.74, 6) is 0.540. The summed E-state index contributed by atoms with van der Waals surface area (Å²) in [5, 5.41) is 3.44. The molecule has 1 fully saturated rings. The van der Waals surface area contributed by atoms with Crippen molar-refractivity contribution in [3.8, 4) is 5.75 Å². The number of hydrogen-bond acceptors (Lipinski definition) is 6. The fraction of sp³-hybridized carbons (Fsp3) is 0.333. The van der Waals surface area contributed by atoms with Gasteiger partial charge in [0.15, 0.2) is 5.01 Å². The van der Waals surface area contributed by atoms with Crippen LogP contribution >= 0.6 is 11.3 Å². The average Bonchev–Trinajstić information content (AvgIpc) is 3.20. The van der Waals surface area contributed by atoms with Crippen molar-refractivity contribution in [1.82, 2.24) is 10.3 Å². The van der Waals surface area contributed by atoms with E-state index in [0.29, 0.717) is 30.5 Å². The number of aromatic nitrogens is 1. The number of methoxy groups -OCH3 is 1. The maximum absolute atomic E-state index is 12.7. The number of rotatable bonds is 6. The molecular formula is C21H23N3O3S. The van der Waals surface area contributed by atoms with Gasteiger partial charge in [0.25, 0.3) is 5.91 Å². The molecule has 6 nitrogen and oxygen atoms in total. The molecule has 1 aliphatic heterocycles. The molecule has 2 heterocycles. The van der Waals surface area contributed by atoms with Crippen molar-refractivity contribution in [2.75, 3.05) is 44.9 Å². The van der Waals surface area contributed by atoms with E-state index in [1.54, 1.807) is 7.11 Å². The summed E-state index contributed by atoms with van der Waals surface area (Å²) in [7, 11) is 1.63. The van der Waals surface area contributed by atoms with Crippen LogP contribution in [0, 0.1) is 0 Å². The van der Waals surface area contributed by atoms with Crippen molar-refractivity contribution >= 4 is 33.1 Å². The van der Waals surface area contributed by atoms with Gasteiger partial charge in [-0.1, -0.05) is 30.3 Å². The van der Waals surface area contributed by atoms with E-state index in [1.165, 1.54) is 16.9 Å². The number of amides is 1. The first-order chi connectivity index (χ1) is 13.8. The lowest BCUT2D eigenvalue weighted by atomic mass is 10.1. The molecule has 28 heavy (non-hydrogen) atoms. The van der Waals surface area contributed by atoms with Crippen molar-refractivity contribution in [2.24, 2.45) is 0 Å². The molecule has 1 saturated heterocycles. The Bertz CT molecular complexity index is 952. The van der Waals surface area contributed by atoms with Gasteiger partial charge < -0.3 is 19.7 Å². The fourth-order valence-electron chi connectivity index (χ4n) is 3.33. The Kier molecular flexibility index (Phi) is 5.73. The lowest BCUT2D eigenvalue weighted by molar-refractivity contribution is 0.0954.